The number of methoxy groups -OCH3 is 1. The van der Waals surface area contributed by atoms with Crippen LogP contribution in [0.25, 0.3) is 0 Å². The van der Waals surface area contributed by atoms with Gasteiger partial charge in [-0.3, -0.25) is 4.79 Å². The average Bonchev–Trinajstić information content (AvgIpc) is 2.49. The Labute approximate surface area is 130 Å². The Morgan fingerprint density at radius 2 is 1.74 bits per heavy atom. The third kappa shape index (κ3) is 5.00. The number of carbonyl (C=O) groups excluding carboxylic acids is 1. The number of ether oxygens (including phenoxy) is 2. The normalized spacial score (nSPS) is 11.1. The quantitative estimate of drug-likeness (QED) is 0.904. The summed E-state index contributed by atoms with van der Waals surface area (Å²) in [6.07, 6.45) is -4.83. The summed E-state index contributed by atoms with van der Waals surface area (Å²) in [4.78, 5) is 12.1. The van der Waals surface area contributed by atoms with E-state index in [9.17, 15) is 18.0 Å². The van der Waals surface area contributed by atoms with Crippen molar-refractivity contribution in [1.29, 1.82) is 0 Å². The summed E-state index contributed by atoms with van der Waals surface area (Å²) in [5.74, 6) is -1.00. The maximum absolute atomic E-state index is 12.4. The minimum absolute atomic E-state index is 0.0595. The van der Waals surface area contributed by atoms with Crippen LogP contribution in [0.4, 0.5) is 18.9 Å². The summed E-state index contributed by atoms with van der Waals surface area (Å²) in [7, 11) is 1.55. The minimum atomic E-state index is -4.83. The van der Waals surface area contributed by atoms with E-state index in [-0.39, 0.29) is 5.69 Å². The summed E-state index contributed by atoms with van der Waals surface area (Å²) in [6.45, 7) is 0.407. The highest BCUT2D eigenvalue weighted by molar-refractivity contribution is 6.05. The highest BCUT2D eigenvalue weighted by atomic mass is 19.4. The molecular formula is C16H14F3NO3. The zero-order valence-electron chi connectivity index (χ0n) is 12.2. The van der Waals surface area contributed by atoms with Crippen LogP contribution >= 0.6 is 0 Å². The van der Waals surface area contributed by atoms with Crippen LogP contribution in [0.2, 0.25) is 0 Å². The van der Waals surface area contributed by atoms with Gasteiger partial charge in [0.25, 0.3) is 5.91 Å². The van der Waals surface area contributed by atoms with E-state index in [4.69, 9.17) is 4.74 Å². The number of nitrogens with one attached hydrogen (secondary N) is 1. The molecule has 4 nitrogen and oxygen atoms in total. The van der Waals surface area contributed by atoms with Gasteiger partial charge in [-0.1, -0.05) is 24.3 Å². The number of rotatable bonds is 5. The highest BCUT2D eigenvalue weighted by Crippen LogP contribution is 2.30. The van der Waals surface area contributed by atoms with E-state index in [1.807, 2.05) is 0 Å². The van der Waals surface area contributed by atoms with E-state index < -0.39 is 18.0 Å². The summed E-state index contributed by atoms with van der Waals surface area (Å²) >= 11 is 0. The van der Waals surface area contributed by atoms with Crippen LogP contribution in [0.3, 0.4) is 0 Å². The molecular weight excluding hydrogens is 311 g/mol. The molecule has 0 aliphatic rings. The first-order valence-electron chi connectivity index (χ1n) is 6.63. The number of benzene rings is 2. The molecule has 0 heterocycles. The molecule has 0 unspecified atom stereocenters. The topological polar surface area (TPSA) is 47.6 Å². The number of anilines is 1. The second kappa shape index (κ2) is 7.15. The molecule has 0 fully saturated rings. The van der Waals surface area contributed by atoms with Gasteiger partial charge in [-0.15, -0.1) is 13.2 Å². The Bertz CT molecular complexity index is 669. The Hall–Kier alpha value is -2.54. The molecule has 2 rings (SSSR count). The van der Waals surface area contributed by atoms with Crippen molar-refractivity contribution >= 4 is 11.6 Å². The summed E-state index contributed by atoms with van der Waals surface area (Å²) in [6, 6.07) is 11.9. The lowest BCUT2D eigenvalue weighted by atomic mass is 10.1. The van der Waals surface area contributed by atoms with Gasteiger partial charge in [0.15, 0.2) is 5.75 Å². The van der Waals surface area contributed by atoms with Gasteiger partial charge in [0.1, 0.15) is 0 Å². The standard InChI is InChI=1S/C16H14F3NO3/c1-22-10-11-6-8-12(9-7-11)15(21)20-13-4-2-3-5-14(13)23-16(17,18)19/h2-9H,10H2,1H3,(H,20,21). The van der Waals surface area contributed by atoms with E-state index in [0.717, 1.165) is 11.6 Å². The van der Waals surface area contributed by atoms with Gasteiger partial charge < -0.3 is 14.8 Å². The smallest absolute Gasteiger partial charge is 0.404 e. The fraction of sp³-hybridized carbons (Fsp3) is 0.188. The van der Waals surface area contributed by atoms with Crippen LogP contribution in [0.5, 0.6) is 5.75 Å². The predicted molar refractivity (Wildman–Crippen MR) is 78.2 cm³/mol. The zero-order valence-corrected chi connectivity index (χ0v) is 12.2. The van der Waals surface area contributed by atoms with Crippen molar-refractivity contribution < 1.29 is 27.4 Å². The fourth-order valence-corrected chi connectivity index (χ4v) is 1.90. The lowest BCUT2D eigenvalue weighted by molar-refractivity contribution is -0.274. The third-order valence-electron chi connectivity index (χ3n) is 2.89. The van der Waals surface area contributed by atoms with E-state index >= 15 is 0 Å². The number of alkyl halides is 3. The number of amides is 1. The van der Waals surface area contributed by atoms with E-state index in [1.165, 1.54) is 18.2 Å². The molecule has 2 aromatic carbocycles. The summed E-state index contributed by atoms with van der Waals surface area (Å²) in [5.41, 5.74) is 1.13. The minimum Gasteiger partial charge on any atom is -0.404 e. The number of carbonyl (C=O) groups is 1. The molecule has 0 atom stereocenters. The zero-order chi connectivity index (χ0) is 16.9. The second-order valence-corrected chi connectivity index (χ2v) is 4.63. The highest BCUT2D eigenvalue weighted by Gasteiger charge is 2.32. The maximum atomic E-state index is 12.4. The molecule has 0 spiro atoms. The summed E-state index contributed by atoms with van der Waals surface area (Å²) in [5, 5.41) is 2.41. The largest absolute Gasteiger partial charge is 0.573 e. The van der Waals surface area contributed by atoms with Crippen molar-refractivity contribution in [1.82, 2.24) is 0 Å². The Kier molecular flexibility index (Phi) is 5.23. The Morgan fingerprint density at radius 1 is 1.09 bits per heavy atom. The molecule has 1 N–H and O–H groups in total. The average molecular weight is 325 g/mol. The molecule has 7 heteroatoms. The van der Waals surface area contributed by atoms with Crippen LogP contribution in [0, 0.1) is 0 Å². The van der Waals surface area contributed by atoms with Gasteiger partial charge in [-0.05, 0) is 29.8 Å². The number of para-hydroxylation sites is 2. The molecule has 0 aliphatic heterocycles. The van der Waals surface area contributed by atoms with E-state index in [1.54, 1.807) is 31.4 Å². The molecule has 0 aromatic heterocycles. The molecule has 23 heavy (non-hydrogen) atoms. The third-order valence-corrected chi connectivity index (χ3v) is 2.89. The number of hydrogen-bond donors (Lipinski definition) is 1. The molecule has 1 amide bonds. The van der Waals surface area contributed by atoms with Gasteiger partial charge >= 0.3 is 6.36 Å². The maximum Gasteiger partial charge on any atom is 0.573 e. The van der Waals surface area contributed by atoms with Crippen LogP contribution in [0.1, 0.15) is 15.9 Å². The monoisotopic (exact) mass is 325 g/mol. The lowest BCUT2D eigenvalue weighted by Crippen LogP contribution is -2.19. The van der Waals surface area contributed by atoms with Crippen LogP contribution in [-0.4, -0.2) is 19.4 Å². The molecule has 0 saturated carbocycles. The van der Waals surface area contributed by atoms with Crippen molar-refractivity contribution in [2.75, 3.05) is 12.4 Å². The second-order valence-electron chi connectivity index (χ2n) is 4.63. The molecule has 0 aliphatic carbocycles. The van der Waals surface area contributed by atoms with E-state index in [2.05, 4.69) is 10.1 Å². The molecule has 0 bridgehead atoms. The van der Waals surface area contributed by atoms with Crippen molar-refractivity contribution in [2.45, 2.75) is 13.0 Å². The first-order chi connectivity index (χ1) is 10.9. The van der Waals surface area contributed by atoms with Crippen molar-refractivity contribution in [3.63, 3.8) is 0 Å². The summed E-state index contributed by atoms with van der Waals surface area (Å²) < 4.78 is 45.9. The molecule has 0 radical (unpaired) electrons. The fourth-order valence-electron chi connectivity index (χ4n) is 1.90. The van der Waals surface area contributed by atoms with Gasteiger partial charge in [0.2, 0.25) is 0 Å². The first kappa shape index (κ1) is 16.8. The molecule has 122 valence electrons. The first-order valence-corrected chi connectivity index (χ1v) is 6.63. The van der Waals surface area contributed by atoms with Crippen LogP contribution < -0.4 is 10.1 Å². The molecule has 0 saturated heterocycles. The van der Waals surface area contributed by atoms with Gasteiger partial charge in [-0.25, -0.2) is 0 Å². The Balaban J connectivity index is 2.14. The van der Waals surface area contributed by atoms with Gasteiger partial charge in [0.05, 0.1) is 12.3 Å². The van der Waals surface area contributed by atoms with Gasteiger partial charge in [-0.2, -0.15) is 0 Å². The van der Waals surface area contributed by atoms with Crippen molar-refractivity contribution in [3.8, 4) is 5.75 Å². The Morgan fingerprint density at radius 3 is 2.35 bits per heavy atom. The SMILES string of the molecule is COCc1ccc(C(=O)Nc2ccccc2OC(F)(F)F)cc1. The number of halogens is 3. The number of hydrogen-bond acceptors (Lipinski definition) is 3. The lowest BCUT2D eigenvalue weighted by Gasteiger charge is -2.14. The van der Waals surface area contributed by atoms with Crippen LogP contribution in [-0.2, 0) is 11.3 Å². The van der Waals surface area contributed by atoms with Crippen LogP contribution in [0.15, 0.2) is 48.5 Å². The van der Waals surface area contributed by atoms with Crippen molar-refractivity contribution in [3.05, 3.63) is 59.7 Å². The van der Waals surface area contributed by atoms with E-state index in [0.29, 0.717) is 12.2 Å². The molecule has 2 aromatic rings. The predicted octanol–water partition coefficient (Wildman–Crippen LogP) is 3.98. The van der Waals surface area contributed by atoms with Crippen molar-refractivity contribution in [2.24, 2.45) is 0 Å². The van der Waals surface area contributed by atoms with Gasteiger partial charge in [0, 0.05) is 12.7 Å².